The number of amides is 1. The van der Waals surface area contributed by atoms with Gasteiger partial charge in [0.15, 0.2) is 5.78 Å². The maximum atomic E-state index is 12.0. The van der Waals surface area contributed by atoms with E-state index in [4.69, 9.17) is 4.74 Å². The fourth-order valence-corrected chi connectivity index (χ4v) is 3.34. The molecule has 2 rings (SSSR count). The molecule has 0 bridgehead atoms. The predicted octanol–water partition coefficient (Wildman–Crippen LogP) is 4.53. The number of methoxy groups -OCH3 is 1. The normalized spacial score (nSPS) is 10.3. The van der Waals surface area contributed by atoms with Crippen LogP contribution in [-0.4, -0.2) is 24.6 Å². The third-order valence-corrected chi connectivity index (χ3v) is 4.76. The number of nitrogens with one attached hydrogen (secondary N) is 1. The standard InChI is InChI=1S/C18H18BrNO3S/c1-12(21)13-4-3-5-16(9-13)20-18(22)11-24-10-14-8-15(19)6-7-17(14)23-2/h3-9H,10-11H2,1-2H3,(H,20,22). The van der Waals surface area contributed by atoms with Crippen LogP contribution < -0.4 is 10.1 Å². The van der Waals surface area contributed by atoms with Gasteiger partial charge in [-0.3, -0.25) is 9.59 Å². The summed E-state index contributed by atoms with van der Waals surface area (Å²) in [5, 5.41) is 2.81. The van der Waals surface area contributed by atoms with E-state index in [-0.39, 0.29) is 11.7 Å². The molecule has 6 heteroatoms. The van der Waals surface area contributed by atoms with Crippen molar-refractivity contribution in [2.24, 2.45) is 0 Å². The Balaban J connectivity index is 1.89. The molecular formula is C18H18BrNO3S. The molecular weight excluding hydrogens is 390 g/mol. The van der Waals surface area contributed by atoms with Crippen molar-refractivity contribution >= 4 is 45.1 Å². The highest BCUT2D eigenvalue weighted by atomic mass is 79.9. The summed E-state index contributed by atoms with van der Waals surface area (Å²) < 4.78 is 6.30. The Bertz CT molecular complexity index is 749. The van der Waals surface area contributed by atoms with Gasteiger partial charge >= 0.3 is 0 Å². The average Bonchev–Trinajstić information content (AvgIpc) is 2.55. The van der Waals surface area contributed by atoms with E-state index in [1.54, 1.807) is 31.4 Å². The first-order valence-electron chi connectivity index (χ1n) is 7.30. The molecule has 1 amide bonds. The number of rotatable bonds is 7. The number of hydrogen-bond acceptors (Lipinski definition) is 4. The largest absolute Gasteiger partial charge is 0.496 e. The maximum Gasteiger partial charge on any atom is 0.234 e. The first kappa shape index (κ1) is 18.5. The number of ether oxygens (including phenoxy) is 1. The van der Waals surface area contributed by atoms with Gasteiger partial charge in [-0.1, -0.05) is 28.1 Å². The molecule has 0 saturated carbocycles. The van der Waals surface area contributed by atoms with E-state index < -0.39 is 0 Å². The first-order valence-corrected chi connectivity index (χ1v) is 9.25. The number of carbonyl (C=O) groups is 2. The molecule has 0 unspecified atom stereocenters. The van der Waals surface area contributed by atoms with Crippen molar-refractivity contribution in [1.29, 1.82) is 0 Å². The van der Waals surface area contributed by atoms with Crippen molar-refractivity contribution in [3.8, 4) is 5.75 Å². The molecule has 0 fully saturated rings. The quantitative estimate of drug-likeness (QED) is 0.684. The van der Waals surface area contributed by atoms with Gasteiger partial charge in [0.25, 0.3) is 0 Å². The van der Waals surface area contributed by atoms with Crippen LogP contribution >= 0.6 is 27.7 Å². The molecule has 0 aromatic heterocycles. The lowest BCUT2D eigenvalue weighted by Gasteiger charge is -2.09. The topological polar surface area (TPSA) is 55.4 Å². The average molecular weight is 408 g/mol. The summed E-state index contributed by atoms with van der Waals surface area (Å²) in [5.74, 6) is 1.67. The summed E-state index contributed by atoms with van der Waals surface area (Å²) in [6.45, 7) is 1.50. The molecule has 0 aliphatic rings. The number of ketones is 1. The molecule has 2 aromatic carbocycles. The molecule has 0 heterocycles. The molecule has 0 saturated heterocycles. The molecule has 126 valence electrons. The van der Waals surface area contributed by atoms with Gasteiger partial charge in [-0.25, -0.2) is 0 Å². The fraction of sp³-hybridized carbons (Fsp3) is 0.222. The van der Waals surface area contributed by atoms with Gasteiger partial charge in [-0.2, -0.15) is 0 Å². The molecule has 0 radical (unpaired) electrons. The van der Waals surface area contributed by atoms with E-state index in [9.17, 15) is 9.59 Å². The third kappa shape index (κ3) is 5.39. The van der Waals surface area contributed by atoms with Crippen molar-refractivity contribution in [1.82, 2.24) is 0 Å². The first-order chi connectivity index (χ1) is 11.5. The monoisotopic (exact) mass is 407 g/mol. The Labute approximate surface area is 154 Å². The van der Waals surface area contributed by atoms with Crippen LogP contribution in [0.15, 0.2) is 46.9 Å². The second-order valence-corrected chi connectivity index (χ2v) is 7.04. The lowest BCUT2D eigenvalue weighted by Crippen LogP contribution is -2.14. The lowest BCUT2D eigenvalue weighted by molar-refractivity contribution is -0.113. The Kier molecular flexibility index (Phi) is 6.87. The minimum Gasteiger partial charge on any atom is -0.496 e. The van der Waals surface area contributed by atoms with Crippen LogP contribution in [0.5, 0.6) is 5.75 Å². The van der Waals surface area contributed by atoms with Crippen molar-refractivity contribution in [3.63, 3.8) is 0 Å². The van der Waals surface area contributed by atoms with E-state index in [0.717, 1.165) is 15.8 Å². The van der Waals surface area contributed by atoms with E-state index in [0.29, 0.717) is 22.8 Å². The number of Topliss-reactive ketones (excluding diaryl/α,β-unsaturated/α-hetero) is 1. The van der Waals surface area contributed by atoms with Crippen LogP contribution in [0.25, 0.3) is 0 Å². The van der Waals surface area contributed by atoms with Crippen molar-refractivity contribution in [3.05, 3.63) is 58.1 Å². The Morgan fingerprint density at radius 1 is 1.21 bits per heavy atom. The fourth-order valence-electron chi connectivity index (χ4n) is 2.13. The van der Waals surface area contributed by atoms with Crippen LogP contribution in [0.4, 0.5) is 5.69 Å². The molecule has 0 atom stereocenters. The Hall–Kier alpha value is -1.79. The van der Waals surface area contributed by atoms with Gasteiger partial charge in [0, 0.05) is 27.0 Å². The van der Waals surface area contributed by atoms with E-state index in [2.05, 4.69) is 21.2 Å². The number of halogens is 1. The number of carbonyl (C=O) groups excluding carboxylic acids is 2. The summed E-state index contributed by atoms with van der Waals surface area (Å²) >= 11 is 4.94. The smallest absolute Gasteiger partial charge is 0.234 e. The maximum absolute atomic E-state index is 12.0. The van der Waals surface area contributed by atoms with Crippen molar-refractivity contribution in [2.75, 3.05) is 18.2 Å². The van der Waals surface area contributed by atoms with Gasteiger partial charge in [0.1, 0.15) is 5.75 Å². The highest BCUT2D eigenvalue weighted by Crippen LogP contribution is 2.26. The molecule has 0 aliphatic heterocycles. The predicted molar refractivity (Wildman–Crippen MR) is 102 cm³/mol. The highest BCUT2D eigenvalue weighted by Gasteiger charge is 2.08. The number of thioether (sulfide) groups is 1. The van der Waals surface area contributed by atoms with Gasteiger partial charge in [0.05, 0.1) is 12.9 Å². The van der Waals surface area contributed by atoms with E-state index >= 15 is 0 Å². The number of benzene rings is 2. The number of anilines is 1. The van der Waals surface area contributed by atoms with Crippen molar-refractivity contribution in [2.45, 2.75) is 12.7 Å². The lowest BCUT2D eigenvalue weighted by atomic mass is 10.1. The summed E-state index contributed by atoms with van der Waals surface area (Å²) in [5.41, 5.74) is 2.25. The van der Waals surface area contributed by atoms with Crippen LogP contribution in [-0.2, 0) is 10.5 Å². The van der Waals surface area contributed by atoms with Gasteiger partial charge < -0.3 is 10.1 Å². The zero-order valence-electron chi connectivity index (χ0n) is 13.5. The number of hydrogen-bond donors (Lipinski definition) is 1. The van der Waals surface area contributed by atoms with Gasteiger partial charge in [0.2, 0.25) is 5.91 Å². The molecule has 0 spiro atoms. The third-order valence-electron chi connectivity index (χ3n) is 3.29. The summed E-state index contributed by atoms with van der Waals surface area (Å²) in [4.78, 5) is 23.4. The Morgan fingerprint density at radius 3 is 2.71 bits per heavy atom. The van der Waals surface area contributed by atoms with E-state index in [1.807, 2.05) is 18.2 Å². The second kappa shape index (κ2) is 8.89. The molecule has 2 aromatic rings. The van der Waals surface area contributed by atoms with Crippen LogP contribution in [0.3, 0.4) is 0 Å². The highest BCUT2D eigenvalue weighted by molar-refractivity contribution is 9.10. The van der Waals surface area contributed by atoms with Crippen LogP contribution in [0.1, 0.15) is 22.8 Å². The van der Waals surface area contributed by atoms with E-state index in [1.165, 1.54) is 18.7 Å². The second-order valence-electron chi connectivity index (χ2n) is 5.13. The summed E-state index contributed by atoms with van der Waals surface area (Å²) in [7, 11) is 1.63. The zero-order valence-corrected chi connectivity index (χ0v) is 15.9. The Morgan fingerprint density at radius 2 is 2.00 bits per heavy atom. The molecule has 0 aliphatic carbocycles. The van der Waals surface area contributed by atoms with Crippen LogP contribution in [0.2, 0.25) is 0 Å². The van der Waals surface area contributed by atoms with Crippen LogP contribution in [0, 0.1) is 0 Å². The van der Waals surface area contributed by atoms with Crippen molar-refractivity contribution < 1.29 is 14.3 Å². The van der Waals surface area contributed by atoms with Gasteiger partial charge in [-0.05, 0) is 37.3 Å². The molecule has 24 heavy (non-hydrogen) atoms. The summed E-state index contributed by atoms with van der Waals surface area (Å²) in [6, 6.07) is 12.7. The van der Waals surface area contributed by atoms with Gasteiger partial charge in [-0.15, -0.1) is 11.8 Å². The zero-order chi connectivity index (χ0) is 17.5. The molecule has 4 nitrogen and oxygen atoms in total. The minimum atomic E-state index is -0.102. The minimum absolute atomic E-state index is 0.0257. The summed E-state index contributed by atoms with van der Waals surface area (Å²) in [6.07, 6.45) is 0. The molecule has 1 N–H and O–H groups in total. The SMILES string of the molecule is COc1ccc(Br)cc1CSCC(=O)Nc1cccc(C(C)=O)c1.